The van der Waals surface area contributed by atoms with E-state index in [1.165, 1.54) is 57.5 Å². The molecule has 0 aliphatic heterocycles. The fourth-order valence-electron chi connectivity index (χ4n) is 13.9. The van der Waals surface area contributed by atoms with Crippen molar-refractivity contribution >= 4 is 79.9 Å². The summed E-state index contributed by atoms with van der Waals surface area (Å²) in [6.45, 7) is 11.1. The first-order valence-electron chi connectivity index (χ1n) is 34.0. The van der Waals surface area contributed by atoms with Crippen LogP contribution in [0.15, 0.2) is 146 Å². The van der Waals surface area contributed by atoms with Crippen molar-refractivity contribution in [1.82, 2.24) is 75.2 Å². The SMILES string of the molecule is Cc1ccc(C(=O)NCc2ccc(-c3nn(C4CCCC4)c4ncnc(N)c34)cc2)c(C)c1.Cc1ccc(C)c(C(=O)NCc2ccc(-c3nn(C4CCCC4)c4ncnc(N)c34)cc2)c1.Cc1ccc(Cl)cc1C(=O)NCc1ccc(-c2nn(C3CCCC3)c3ncnc(N)c23)cc1. The van der Waals surface area contributed by atoms with Crippen molar-refractivity contribution in [3.05, 3.63) is 213 Å². The minimum Gasteiger partial charge on any atom is -0.383 e. The number of rotatable bonds is 15. The van der Waals surface area contributed by atoms with Crippen LogP contribution < -0.4 is 33.2 Å². The summed E-state index contributed by atoms with van der Waals surface area (Å²) in [5, 5.41) is 26.7. The van der Waals surface area contributed by atoms with Crippen LogP contribution in [0.2, 0.25) is 5.02 Å². The molecule has 0 atom stereocenters. The monoisotopic (exact) mass is 1340 g/mol. The summed E-state index contributed by atoms with van der Waals surface area (Å²) in [5.74, 6) is 1.06. The number of halogens is 1. The van der Waals surface area contributed by atoms with Crippen molar-refractivity contribution in [3.63, 3.8) is 0 Å². The zero-order chi connectivity index (χ0) is 68.8. The molecule has 0 bridgehead atoms. The molecule has 15 rings (SSSR count). The Labute approximate surface area is 579 Å². The number of fused-ring (bicyclic) bond motifs is 3. The molecule has 22 heteroatoms. The number of hydrogen-bond donors (Lipinski definition) is 6. The van der Waals surface area contributed by atoms with Gasteiger partial charge in [-0.15, -0.1) is 0 Å². The highest BCUT2D eigenvalue weighted by Crippen LogP contribution is 2.40. The van der Waals surface area contributed by atoms with Gasteiger partial charge < -0.3 is 33.2 Å². The molecule has 0 radical (unpaired) electrons. The van der Waals surface area contributed by atoms with Crippen LogP contribution >= 0.6 is 11.6 Å². The Kier molecular flexibility index (Phi) is 19.8. The van der Waals surface area contributed by atoms with E-state index in [0.717, 1.165) is 150 Å². The van der Waals surface area contributed by atoms with E-state index in [1.807, 2.05) is 164 Å². The molecule has 3 amide bonds. The number of nitrogens with one attached hydrogen (secondary N) is 3. The van der Waals surface area contributed by atoms with Gasteiger partial charge in [0.1, 0.15) is 53.5 Å². The zero-order valence-electron chi connectivity index (χ0n) is 56.4. The van der Waals surface area contributed by atoms with Crippen LogP contribution in [0.4, 0.5) is 17.5 Å². The van der Waals surface area contributed by atoms with Gasteiger partial charge in [0, 0.05) is 58.0 Å². The van der Waals surface area contributed by atoms with Gasteiger partial charge in [-0.25, -0.2) is 43.9 Å². The zero-order valence-corrected chi connectivity index (χ0v) is 57.2. The number of aryl methyl sites for hydroxylation is 5. The molecule has 0 saturated heterocycles. The lowest BCUT2D eigenvalue weighted by atomic mass is 10.0. The molecule has 0 spiro atoms. The molecule has 99 heavy (non-hydrogen) atoms. The fourth-order valence-corrected chi connectivity index (χ4v) is 14.0. The Bertz CT molecular complexity index is 4740. The summed E-state index contributed by atoms with van der Waals surface area (Å²) in [4.78, 5) is 63.9. The lowest BCUT2D eigenvalue weighted by molar-refractivity contribution is 0.0942. The van der Waals surface area contributed by atoms with Gasteiger partial charge in [0.05, 0.1) is 34.3 Å². The number of nitrogens with two attached hydrogens (primary N) is 3. The van der Waals surface area contributed by atoms with Crippen LogP contribution in [-0.4, -0.2) is 77.0 Å². The maximum Gasteiger partial charge on any atom is 0.251 e. The van der Waals surface area contributed by atoms with Crippen molar-refractivity contribution in [2.45, 2.75) is 149 Å². The molecule has 6 heterocycles. The highest BCUT2D eigenvalue weighted by molar-refractivity contribution is 6.31. The van der Waals surface area contributed by atoms with Gasteiger partial charge in [0.2, 0.25) is 0 Å². The Morgan fingerprint density at radius 3 is 1.08 bits per heavy atom. The van der Waals surface area contributed by atoms with Crippen molar-refractivity contribution in [2.24, 2.45) is 0 Å². The van der Waals surface area contributed by atoms with Gasteiger partial charge >= 0.3 is 0 Å². The summed E-state index contributed by atoms with van der Waals surface area (Å²) in [6, 6.07) is 42.2. The van der Waals surface area contributed by atoms with Gasteiger partial charge in [-0.1, -0.05) is 164 Å². The first-order chi connectivity index (χ1) is 48.0. The van der Waals surface area contributed by atoms with Crippen molar-refractivity contribution in [2.75, 3.05) is 17.2 Å². The normalized spacial score (nSPS) is 14.1. The van der Waals surface area contributed by atoms with Crippen LogP contribution in [-0.2, 0) is 19.6 Å². The average molecular weight is 1340 g/mol. The lowest BCUT2D eigenvalue weighted by Gasteiger charge is -2.10. The molecule has 504 valence electrons. The minimum atomic E-state index is -0.148. The summed E-state index contributed by atoms with van der Waals surface area (Å²) in [5.41, 5.74) is 36.4. The summed E-state index contributed by atoms with van der Waals surface area (Å²) in [7, 11) is 0. The first kappa shape index (κ1) is 66.7. The van der Waals surface area contributed by atoms with E-state index in [4.69, 9.17) is 44.1 Å². The highest BCUT2D eigenvalue weighted by Gasteiger charge is 2.28. The van der Waals surface area contributed by atoms with Crippen LogP contribution in [0.25, 0.3) is 66.9 Å². The summed E-state index contributed by atoms with van der Waals surface area (Å²) < 4.78 is 6.10. The number of hydrogen-bond acceptors (Lipinski definition) is 15. The van der Waals surface area contributed by atoms with Crippen LogP contribution in [0.1, 0.15) is 171 Å². The third-order valence-electron chi connectivity index (χ3n) is 19.3. The minimum absolute atomic E-state index is 0.0634. The molecular formula is C77H81ClN18O3. The van der Waals surface area contributed by atoms with E-state index in [-0.39, 0.29) is 17.7 Å². The van der Waals surface area contributed by atoms with Gasteiger partial charge in [-0.2, -0.15) is 15.3 Å². The summed E-state index contributed by atoms with van der Waals surface area (Å²) >= 11 is 6.04. The van der Waals surface area contributed by atoms with Gasteiger partial charge in [-0.3, -0.25) is 14.4 Å². The quantitative estimate of drug-likeness (QED) is 0.0556. The standard InChI is InChI=1S/2C26H28N6O.C25H25ClN6O/c1-16-7-12-21(17(2)13-16)26(33)28-14-18-8-10-19(11-9-18)23-22-24(27)29-15-30-25(22)32(31-23)20-5-3-4-6-20;1-16-7-8-17(2)21(13-16)26(33)28-14-18-9-11-19(12-10-18)23-22-24(27)29-15-30-25(22)32(31-23)20-5-3-4-6-20;1-15-6-11-18(26)12-20(15)25(33)28-13-16-7-9-17(10-8-16)22-21-23(27)29-14-30-24(21)32(31-22)19-4-2-3-5-19/h2*7-13,15,20H,3-6,14H2,1-2H3,(H,28,33)(H2,27,29,30);6-12,14,19H,2-5,13H2,1H3,(H,28,33)(H2,27,29,30). The first-order valence-corrected chi connectivity index (χ1v) is 34.4. The van der Waals surface area contributed by atoms with Crippen LogP contribution in [0, 0.1) is 34.6 Å². The number of carbonyl (C=O) groups is 3. The number of nitrogens with zero attached hydrogens (tertiary/aromatic N) is 12. The van der Waals surface area contributed by atoms with Gasteiger partial charge in [0.25, 0.3) is 17.7 Å². The summed E-state index contributed by atoms with van der Waals surface area (Å²) in [6.07, 6.45) is 18.4. The molecule has 9 N–H and O–H groups in total. The topological polar surface area (TPSA) is 296 Å². The third kappa shape index (κ3) is 14.6. The number of carbonyl (C=O) groups excluding carboxylic acids is 3. The fraction of sp³-hybridized carbons (Fsp3) is 0.299. The number of benzene rings is 6. The van der Waals surface area contributed by atoms with Crippen molar-refractivity contribution in [3.8, 4) is 33.8 Å². The van der Waals surface area contributed by atoms with Crippen LogP contribution in [0.3, 0.4) is 0 Å². The maximum atomic E-state index is 12.6. The molecule has 6 aromatic carbocycles. The average Bonchev–Trinajstić information content (AvgIpc) is 1.64. The second-order valence-electron chi connectivity index (χ2n) is 26.3. The third-order valence-corrected chi connectivity index (χ3v) is 19.6. The van der Waals surface area contributed by atoms with E-state index < -0.39 is 0 Å². The number of aromatic nitrogens is 12. The molecule has 3 fully saturated rings. The van der Waals surface area contributed by atoms with E-state index in [2.05, 4.69) is 45.9 Å². The second-order valence-corrected chi connectivity index (χ2v) is 26.7. The van der Waals surface area contributed by atoms with Crippen LogP contribution in [0.5, 0.6) is 0 Å². The van der Waals surface area contributed by atoms with E-state index in [0.29, 0.717) is 76.9 Å². The van der Waals surface area contributed by atoms with E-state index in [9.17, 15) is 14.4 Å². The Hall–Kier alpha value is -10.9. The molecule has 3 aliphatic carbocycles. The molecule has 12 aromatic rings. The largest absolute Gasteiger partial charge is 0.383 e. The molecule has 3 saturated carbocycles. The number of amides is 3. The Morgan fingerprint density at radius 2 is 0.717 bits per heavy atom. The highest BCUT2D eigenvalue weighted by atomic mass is 35.5. The number of anilines is 3. The predicted octanol–water partition coefficient (Wildman–Crippen LogP) is 14.6. The number of nitrogen functional groups attached to an aromatic ring is 3. The van der Waals surface area contributed by atoms with Gasteiger partial charge in [0.15, 0.2) is 16.9 Å². The van der Waals surface area contributed by atoms with Gasteiger partial charge in [-0.05, 0) is 131 Å². The van der Waals surface area contributed by atoms with E-state index in [1.54, 1.807) is 12.1 Å². The molecule has 6 aromatic heterocycles. The van der Waals surface area contributed by atoms with E-state index >= 15 is 0 Å². The van der Waals surface area contributed by atoms with Crippen molar-refractivity contribution in [1.29, 1.82) is 0 Å². The second kappa shape index (κ2) is 29.4. The molecule has 21 nitrogen and oxygen atoms in total. The lowest BCUT2D eigenvalue weighted by Crippen LogP contribution is -2.23. The molecule has 3 aliphatic rings. The smallest absolute Gasteiger partial charge is 0.251 e. The predicted molar refractivity (Wildman–Crippen MR) is 390 cm³/mol. The molecular weight excluding hydrogens is 1260 g/mol. The maximum absolute atomic E-state index is 12.6. The Balaban J connectivity index is 0.000000133. The Morgan fingerprint density at radius 1 is 0.394 bits per heavy atom. The molecule has 0 unspecified atom stereocenters. The van der Waals surface area contributed by atoms with Crippen molar-refractivity contribution < 1.29 is 14.4 Å².